The predicted molar refractivity (Wildman–Crippen MR) is 109 cm³/mol. The van der Waals surface area contributed by atoms with E-state index in [-0.39, 0.29) is 12.7 Å². The molecule has 9 nitrogen and oxygen atoms in total. The Kier molecular flexibility index (Phi) is 4.82. The molecule has 1 fully saturated rings. The van der Waals surface area contributed by atoms with E-state index < -0.39 is 0 Å². The largest absolute Gasteiger partial charge is 0.394 e. The summed E-state index contributed by atoms with van der Waals surface area (Å²) >= 11 is 0. The molecule has 1 aliphatic carbocycles. The first-order valence-corrected chi connectivity index (χ1v) is 9.94. The van der Waals surface area contributed by atoms with Crippen LogP contribution in [0.25, 0.3) is 27.9 Å². The molecular weight excluding hydrogens is 370 g/mol. The van der Waals surface area contributed by atoms with Crippen LogP contribution in [0.2, 0.25) is 0 Å². The van der Waals surface area contributed by atoms with Gasteiger partial charge in [-0.1, -0.05) is 0 Å². The number of aliphatic hydroxyl groups excluding tert-OH is 1. The minimum atomic E-state index is 0.0794. The van der Waals surface area contributed by atoms with Crippen LogP contribution in [0, 0.1) is 0 Å². The van der Waals surface area contributed by atoms with Gasteiger partial charge in [0.25, 0.3) is 0 Å². The highest BCUT2D eigenvalue weighted by molar-refractivity contribution is 5.92. The molecule has 4 aromatic heterocycles. The third kappa shape index (κ3) is 3.66. The van der Waals surface area contributed by atoms with Gasteiger partial charge in [-0.15, -0.1) is 0 Å². The third-order valence-electron chi connectivity index (χ3n) is 5.42. The predicted octanol–water partition coefficient (Wildman–Crippen LogP) is 2.40. The highest BCUT2D eigenvalue weighted by Gasteiger charge is 2.22. The molecule has 29 heavy (non-hydrogen) atoms. The number of fused-ring (bicyclic) bond motifs is 2. The number of aromatic nitrogens is 6. The average Bonchev–Trinajstić information content (AvgIpc) is 3.39. The van der Waals surface area contributed by atoms with Crippen LogP contribution in [0.4, 0.5) is 5.95 Å². The van der Waals surface area contributed by atoms with Crippen molar-refractivity contribution in [2.75, 3.05) is 18.5 Å². The fourth-order valence-corrected chi connectivity index (χ4v) is 3.93. The molecule has 0 aliphatic heterocycles. The number of rotatable bonds is 6. The van der Waals surface area contributed by atoms with Crippen LogP contribution in [-0.4, -0.2) is 60.0 Å². The Hall–Kier alpha value is -3.04. The van der Waals surface area contributed by atoms with Crippen LogP contribution < -0.4 is 5.32 Å². The molecule has 150 valence electrons. The summed E-state index contributed by atoms with van der Waals surface area (Å²) in [4.78, 5) is 17.1. The first kappa shape index (κ1) is 18.0. The van der Waals surface area contributed by atoms with Gasteiger partial charge in [0.05, 0.1) is 31.2 Å². The van der Waals surface area contributed by atoms with Crippen LogP contribution >= 0.6 is 0 Å². The molecule has 4 heterocycles. The number of aliphatic hydroxyl groups is 1. The van der Waals surface area contributed by atoms with Gasteiger partial charge in [-0.25, -0.2) is 14.5 Å². The van der Waals surface area contributed by atoms with Crippen LogP contribution in [-0.2, 0) is 4.74 Å². The lowest BCUT2D eigenvalue weighted by Crippen LogP contribution is -2.30. The minimum absolute atomic E-state index is 0.0794. The summed E-state index contributed by atoms with van der Waals surface area (Å²) in [5, 5.41) is 17.4. The first-order chi connectivity index (χ1) is 14.3. The lowest BCUT2D eigenvalue weighted by atomic mass is 9.93. The molecule has 0 saturated heterocycles. The molecule has 1 saturated carbocycles. The zero-order valence-corrected chi connectivity index (χ0v) is 16.0. The van der Waals surface area contributed by atoms with Crippen molar-refractivity contribution in [3.63, 3.8) is 0 Å². The molecule has 0 unspecified atom stereocenters. The van der Waals surface area contributed by atoms with Crippen molar-refractivity contribution in [2.45, 2.75) is 37.8 Å². The molecule has 5 rings (SSSR count). The van der Waals surface area contributed by atoms with Crippen molar-refractivity contribution in [1.82, 2.24) is 29.5 Å². The van der Waals surface area contributed by atoms with Crippen molar-refractivity contribution >= 4 is 22.6 Å². The maximum Gasteiger partial charge on any atom is 0.224 e. The van der Waals surface area contributed by atoms with Crippen molar-refractivity contribution in [3.8, 4) is 11.3 Å². The number of aromatic amines is 1. The van der Waals surface area contributed by atoms with E-state index in [0.717, 1.165) is 53.6 Å². The second kappa shape index (κ2) is 7.76. The van der Waals surface area contributed by atoms with E-state index in [1.165, 1.54) is 0 Å². The summed E-state index contributed by atoms with van der Waals surface area (Å²) in [7, 11) is 0. The minimum Gasteiger partial charge on any atom is -0.394 e. The molecule has 1 aliphatic rings. The number of ether oxygens (including phenoxy) is 1. The number of nitrogens with one attached hydrogen (secondary N) is 2. The second-order valence-electron chi connectivity index (χ2n) is 7.32. The van der Waals surface area contributed by atoms with E-state index >= 15 is 0 Å². The van der Waals surface area contributed by atoms with Gasteiger partial charge in [0.2, 0.25) is 5.95 Å². The van der Waals surface area contributed by atoms with E-state index in [0.29, 0.717) is 18.6 Å². The highest BCUT2D eigenvalue weighted by atomic mass is 16.5. The summed E-state index contributed by atoms with van der Waals surface area (Å²) in [5.41, 5.74) is 3.41. The van der Waals surface area contributed by atoms with Gasteiger partial charge in [-0.2, -0.15) is 10.1 Å². The monoisotopic (exact) mass is 393 g/mol. The zero-order chi connectivity index (χ0) is 19.6. The topological polar surface area (TPSA) is 113 Å². The summed E-state index contributed by atoms with van der Waals surface area (Å²) < 4.78 is 7.37. The Labute approximate surface area is 167 Å². The molecule has 0 aromatic carbocycles. The number of H-pyrrole nitrogens is 1. The van der Waals surface area contributed by atoms with Crippen LogP contribution in [0.5, 0.6) is 0 Å². The second-order valence-corrected chi connectivity index (χ2v) is 7.32. The lowest BCUT2D eigenvalue weighted by molar-refractivity contribution is 0.00719. The molecule has 0 radical (unpaired) electrons. The van der Waals surface area contributed by atoms with Gasteiger partial charge in [0.15, 0.2) is 5.65 Å². The summed E-state index contributed by atoms with van der Waals surface area (Å²) in [6.45, 7) is 0.497. The Morgan fingerprint density at radius 1 is 1.21 bits per heavy atom. The van der Waals surface area contributed by atoms with Gasteiger partial charge in [-0.3, -0.25) is 0 Å². The first-order valence-electron chi connectivity index (χ1n) is 9.94. The Morgan fingerprint density at radius 2 is 2.10 bits per heavy atom. The average molecular weight is 393 g/mol. The molecule has 0 atom stereocenters. The quantitative estimate of drug-likeness (QED) is 0.461. The van der Waals surface area contributed by atoms with Crippen LogP contribution in [0.3, 0.4) is 0 Å². The normalized spacial score (nSPS) is 19.8. The summed E-state index contributed by atoms with van der Waals surface area (Å²) in [6, 6.07) is 4.15. The molecule has 0 spiro atoms. The Balaban J connectivity index is 1.30. The summed E-state index contributed by atoms with van der Waals surface area (Å²) in [6.07, 6.45) is 11.6. The number of nitrogens with zero attached hydrogens (tertiary/aromatic N) is 5. The molecule has 4 aromatic rings. The van der Waals surface area contributed by atoms with E-state index in [2.05, 4.69) is 30.4 Å². The van der Waals surface area contributed by atoms with E-state index in [1.807, 2.05) is 30.7 Å². The standard InChI is InChI=1S/C20H23N7O2/c28-9-10-29-14-3-1-13(2-4-14)24-20-22-12-16-15(11-21-19(16)26-20)17-6-8-27-18(25-17)5-7-23-27/h5-8,11-14,28H,1-4,9-10H2,(H2,21,22,24,26)/t13-,14-. The molecule has 0 amide bonds. The fourth-order valence-electron chi connectivity index (χ4n) is 3.93. The molecule has 0 bridgehead atoms. The lowest BCUT2D eigenvalue weighted by Gasteiger charge is -2.28. The van der Waals surface area contributed by atoms with Crippen molar-refractivity contribution in [3.05, 3.63) is 36.9 Å². The maximum atomic E-state index is 8.88. The van der Waals surface area contributed by atoms with Crippen molar-refractivity contribution in [1.29, 1.82) is 0 Å². The maximum absolute atomic E-state index is 8.88. The smallest absolute Gasteiger partial charge is 0.224 e. The van der Waals surface area contributed by atoms with Crippen molar-refractivity contribution in [2.24, 2.45) is 0 Å². The number of hydrogen-bond acceptors (Lipinski definition) is 7. The van der Waals surface area contributed by atoms with Crippen LogP contribution in [0.15, 0.2) is 36.9 Å². The van der Waals surface area contributed by atoms with Gasteiger partial charge in [-0.05, 0) is 31.7 Å². The fraction of sp³-hybridized carbons (Fsp3) is 0.400. The van der Waals surface area contributed by atoms with Gasteiger partial charge >= 0.3 is 0 Å². The van der Waals surface area contributed by atoms with Crippen LogP contribution in [0.1, 0.15) is 25.7 Å². The Morgan fingerprint density at radius 3 is 2.97 bits per heavy atom. The van der Waals surface area contributed by atoms with E-state index in [9.17, 15) is 0 Å². The van der Waals surface area contributed by atoms with Gasteiger partial charge < -0.3 is 20.1 Å². The number of anilines is 1. The SMILES string of the molecule is OCCO[C@H]1CC[C@H](Nc2ncc3c(-c4ccn5nccc5n4)c[nH]c3n2)CC1. The third-order valence-corrected chi connectivity index (χ3v) is 5.42. The summed E-state index contributed by atoms with van der Waals surface area (Å²) in [5.74, 6) is 0.629. The Bertz CT molecular complexity index is 1110. The zero-order valence-electron chi connectivity index (χ0n) is 16.0. The van der Waals surface area contributed by atoms with E-state index in [1.54, 1.807) is 10.7 Å². The molecule has 3 N–H and O–H groups in total. The van der Waals surface area contributed by atoms with Gasteiger partial charge in [0.1, 0.15) is 5.65 Å². The highest BCUT2D eigenvalue weighted by Crippen LogP contribution is 2.28. The molecule has 9 heteroatoms. The van der Waals surface area contributed by atoms with E-state index in [4.69, 9.17) is 9.84 Å². The molecular formula is C20H23N7O2. The van der Waals surface area contributed by atoms with Gasteiger partial charge in [0, 0.05) is 41.6 Å². The number of hydrogen-bond donors (Lipinski definition) is 3. The van der Waals surface area contributed by atoms with Crippen molar-refractivity contribution < 1.29 is 9.84 Å².